The van der Waals surface area contributed by atoms with Crippen LogP contribution in [-0.2, 0) is 53.2 Å². The summed E-state index contributed by atoms with van der Waals surface area (Å²) in [7, 11) is -8.46. The Kier molecular flexibility index (Phi) is 14.6. The van der Waals surface area contributed by atoms with Gasteiger partial charge in [0, 0.05) is 18.0 Å². The average Bonchev–Trinajstić information content (AvgIpc) is 3.49. The van der Waals surface area contributed by atoms with Crippen LogP contribution in [0.2, 0.25) is 0 Å². The summed E-state index contributed by atoms with van der Waals surface area (Å²) < 4.78 is 55.2. The number of carboxylic acid groups (broad SMARTS) is 3. The van der Waals surface area contributed by atoms with Crippen molar-refractivity contribution in [1.82, 2.24) is 19.8 Å². The summed E-state index contributed by atoms with van der Waals surface area (Å²) in [4.78, 5) is 84.0. The quantitative estimate of drug-likeness (QED) is 0.0708. The SMILES string of the molecule is CC1(C)[C@H](C(=O)OC(c2ccccc2)c2ccccc2)N2C(=O)/C(=C(\C(=O)O)c3ccccn3)[C@H]2S1(=O)=O.CC1(C)[C@H](C(=O)[O-])N2C(=O)/C(=C(\C(=O)[O-])c3ccccn3)[C@H]2S1(=O)=O.[Na+].[Na+]. The van der Waals surface area contributed by atoms with Crippen molar-refractivity contribution in [3.8, 4) is 0 Å². The molecule has 4 aromatic rings. The first-order chi connectivity index (χ1) is 29.6. The molecule has 4 saturated heterocycles. The van der Waals surface area contributed by atoms with Crippen molar-refractivity contribution in [2.45, 2.75) is 66.1 Å². The van der Waals surface area contributed by atoms with Gasteiger partial charge in [0.2, 0.25) is 0 Å². The largest absolute Gasteiger partial charge is 1.00 e. The van der Waals surface area contributed by atoms with Gasteiger partial charge in [-0.2, -0.15) is 0 Å². The molecule has 18 nitrogen and oxygen atoms in total. The van der Waals surface area contributed by atoms with Crippen LogP contribution in [0.5, 0.6) is 0 Å². The number of fused-ring (bicyclic) bond motifs is 2. The monoisotopic (exact) mass is 942 g/mol. The molecule has 0 spiro atoms. The Morgan fingerprint density at radius 1 is 0.631 bits per heavy atom. The molecule has 326 valence electrons. The maximum atomic E-state index is 13.7. The van der Waals surface area contributed by atoms with Crippen molar-refractivity contribution in [3.05, 3.63) is 143 Å². The van der Waals surface area contributed by atoms with Crippen molar-refractivity contribution in [3.63, 3.8) is 0 Å². The van der Waals surface area contributed by atoms with Crippen molar-refractivity contribution in [2.24, 2.45) is 0 Å². The van der Waals surface area contributed by atoms with E-state index in [0.29, 0.717) is 16.0 Å². The number of aromatic nitrogens is 2. The average molecular weight is 943 g/mol. The third-order valence-corrected chi connectivity index (χ3v) is 17.0. The number of hydrogen-bond donors (Lipinski definition) is 1. The van der Waals surface area contributed by atoms with Gasteiger partial charge < -0.3 is 39.4 Å². The van der Waals surface area contributed by atoms with E-state index in [1.54, 1.807) is 54.6 Å². The number of hydrogen-bond acceptors (Lipinski definition) is 15. The zero-order chi connectivity index (χ0) is 46.0. The van der Waals surface area contributed by atoms with Crippen LogP contribution >= 0.6 is 0 Å². The maximum absolute atomic E-state index is 13.7. The number of nitrogens with zero attached hydrogens (tertiary/aromatic N) is 4. The smallest absolute Gasteiger partial charge is 0.548 e. The van der Waals surface area contributed by atoms with E-state index in [0.717, 1.165) is 18.7 Å². The molecule has 1 N–H and O–H groups in total. The number of sulfone groups is 2. The van der Waals surface area contributed by atoms with Crippen molar-refractivity contribution >= 4 is 66.5 Å². The number of pyridine rings is 2. The second-order valence-corrected chi connectivity index (χ2v) is 21.0. The van der Waals surface area contributed by atoms with E-state index in [1.807, 2.05) is 12.1 Å². The Hall–Kier alpha value is -5.06. The van der Waals surface area contributed by atoms with Crippen LogP contribution in [0.15, 0.2) is 121 Å². The van der Waals surface area contributed by atoms with Gasteiger partial charge in [-0.25, -0.2) is 26.4 Å². The number of carboxylic acids is 3. The van der Waals surface area contributed by atoms with E-state index in [1.165, 1.54) is 56.6 Å². The third kappa shape index (κ3) is 8.17. The fourth-order valence-corrected chi connectivity index (χ4v) is 12.6. The Labute approximate surface area is 416 Å². The second-order valence-electron chi connectivity index (χ2n) is 15.8. The molecule has 8 rings (SSSR count). The first-order valence-corrected chi connectivity index (χ1v) is 22.1. The van der Waals surface area contributed by atoms with E-state index in [4.69, 9.17) is 4.74 Å². The molecule has 0 saturated carbocycles. The molecular formula is C43H36N4Na2O14S2. The summed E-state index contributed by atoms with van der Waals surface area (Å²) in [5.74, 6) is -7.74. The molecule has 0 unspecified atom stereocenters. The number of rotatable bonds is 9. The zero-order valence-corrected chi connectivity index (χ0v) is 41.3. The predicted molar refractivity (Wildman–Crippen MR) is 216 cm³/mol. The molecule has 22 heteroatoms. The Morgan fingerprint density at radius 2 is 1.02 bits per heavy atom. The number of carbonyl (C=O) groups excluding carboxylic acids is 5. The molecule has 4 fully saturated rings. The summed E-state index contributed by atoms with van der Waals surface area (Å²) in [6.07, 6.45) is 1.77. The minimum atomic E-state index is -4.24. The minimum Gasteiger partial charge on any atom is -0.548 e. The van der Waals surface area contributed by atoms with E-state index in [9.17, 15) is 60.9 Å². The molecule has 2 amide bonds. The van der Waals surface area contributed by atoms with Crippen molar-refractivity contribution in [2.75, 3.05) is 0 Å². The van der Waals surface area contributed by atoms with Crippen LogP contribution in [0.4, 0.5) is 0 Å². The van der Waals surface area contributed by atoms with Crippen LogP contribution in [0.3, 0.4) is 0 Å². The van der Waals surface area contributed by atoms with Crippen LogP contribution in [-0.4, -0.2) is 110 Å². The first kappa shape index (κ1) is 50.9. The number of aliphatic carboxylic acids is 3. The van der Waals surface area contributed by atoms with Gasteiger partial charge in [0.05, 0.1) is 50.8 Å². The second kappa shape index (κ2) is 18.7. The normalized spacial score (nSPS) is 23.9. The molecule has 2 aromatic carbocycles. The van der Waals surface area contributed by atoms with E-state index in [-0.39, 0.29) is 70.5 Å². The first-order valence-electron chi connectivity index (χ1n) is 19.0. The summed E-state index contributed by atoms with van der Waals surface area (Å²) >= 11 is 0. The maximum Gasteiger partial charge on any atom is 1.00 e. The summed E-state index contributed by atoms with van der Waals surface area (Å²) in [5, 5.41) is 29.5. The Balaban J connectivity index is 0.000000257. The summed E-state index contributed by atoms with van der Waals surface area (Å²) in [6.45, 7) is 5.01. The molecule has 65 heavy (non-hydrogen) atoms. The van der Waals surface area contributed by atoms with Gasteiger partial charge in [0.15, 0.2) is 42.6 Å². The van der Waals surface area contributed by atoms with Crippen LogP contribution in [0.1, 0.15) is 56.3 Å². The molecule has 4 atom stereocenters. The summed E-state index contributed by atoms with van der Waals surface area (Å²) in [5.41, 5.74) is -0.979. The standard InChI is InChI=1S/C28H24N2O7S.C15H14N2O7S.2Na/c1-28(2)23(27(34)37-22(17-11-5-3-6-12-17)18-13-7-4-8-14-18)30-24(31)21(25(30)38(28,35)36)20(26(32)33)19-15-9-10-16-29-19;1-15(2)10(14(21)22)17-11(18)9(12(17)25(15,23)24)8(13(19)20)7-5-3-4-6-16-7;;/h3-16,22-23,25H,1-2H3,(H,32,33);3-6,10,12H,1-2H3,(H,19,20)(H,21,22);;/q;;2*+1/p-2/b21-20+;9-8+;;/t23-,25+;10-,12+;;/m00../s1. The van der Waals surface area contributed by atoms with Gasteiger partial charge in [-0.05, 0) is 63.1 Å². The molecule has 4 aliphatic heterocycles. The van der Waals surface area contributed by atoms with Crippen molar-refractivity contribution < 1.29 is 125 Å². The molecular weight excluding hydrogens is 907 g/mol. The van der Waals surface area contributed by atoms with Gasteiger partial charge in [-0.1, -0.05) is 72.8 Å². The van der Waals surface area contributed by atoms with E-state index < -0.39 is 116 Å². The Morgan fingerprint density at radius 3 is 1.40 bits per heavy atom. The van der Waals surface area contributed by atoms with Crippen molar-refractivity contribution in [1.29, 1.82) is 0 Å². The fraction of sp³-hybridized carbons (Fsp3) is 0.256. The molecule has 6 heterocycles. The summed E-state index contributed by atoms with van der Waals surface area (Å²) in [6, 6.07) is 23.5. The van der Waals surface area contributed by atoms with Gasteiger partial charge in [0.1, 0.15) is 4.75 Å². The molecule has 0 aliphatic carbocycles. The number of benzene rings is 2. The van der Waals surface area contributed by atoms with Gasteiger partial charge in [-0.3, -0.25) is 19.6 Å². The molecule has 4 aliphatic rings. The number of esters is 1. The topological polar surface area (TPSA) is 279 Å². The van der Waals surface area contributed by atoms with E-state index >= 15 is 0 Å². The number of β-lactam (4-membered cyclic amide) rings is 2. The molecule has 2 aromatic heterocycles. The number of amides is 2. The molecule has 0 radical (unpaired) electrons. The Bertz CT molecular complexity index is 2840. The van der Waals surface area contributed by atoms with Crippen LogP contribution < -0.4 is 69.3 Å². The fourth-order valence-electron chi connectivity index (χ4n) is 8.28. The van der Waals surface area contributed by atoms with Crippen LogP contribution in [0.25, 0.3) is 11.1 Å². The predicted octanol–water partition coefficient (Wildman–Crippen LogP) is -5.92. The third-order valence-electron chi connectivity index (χ3n) is 11.5. The van der Waals surface area contributed by atoms with Gasteiger partial charge in [-0.15, -0.1) is 0 Å². The number of carbonyl (C=O) groups is 6. The van der Waals surface area contributed by atoms with Gasteiger partial charge >= 0.3 is 71.1 Å². The van der Waals surface area contributed by atoms with E-state index in [2.05, 4.69) is 9.97 Å². The zero-order valence-electron chi connectivity index (χ0n) is 35.6. The minimum absolute atomic E-state index is 0. The van der Waals surface area contributed by atoms with Crippen LogP contribution in [0, 0.1) is 0 Å². The van der Waals surface area contributed by atoms with Gasteiger partial charge in [0.25, 0.3) is 11.8 Å². The molecule has 0 bridgehead atoms. The number of ether oxygens (including phenoxy) is 1.